The van der Waals surface area contributed by atoms with Crippen LogP contribution < -0.4 is 26.2 Å². The third-order valence-corrected chi connectivity index (χ3v) is 10.7. The maximum Gasteiger partial charge on any atom is 0.0697 e. The van der Waals surface area contributed by atoms with Gasteiger partial charge in [-0.05, 0) is 118 Å². The molecular formula is C54H59N5. The van der Waals surface area contributed by atoms with E-state index in [4.69, 9.17) is 0 Å². The van der Waals surface area contributed by atoms with Crippen molar-refractivity contribution < 1.29 is 0 Å². The molecule has 0 aliphatic carbocycles. The molecule has 300 valence electrons. The van der Waals surface area contributed by atoms with Gasteiger partial charge in [0.05, 0.1) is 45.5 Å². The van der Waals surface area contributed by atoms with Crippen LogP contribution in [0.5, 0.6) is 0 Å². The van der Waals surface area contributed by atoms with Crippen molar-refractivity contribution in [2.24, 2.45) is 0 Å². The van der Waals surface area contributed by atoms with E-state index in [0.717, 1.165) is 62.6 Å². The lowest BCUT2D eigenvalue weighted by Crippen LogP contribution is -2.15. The highest BCUT2D eigenvalue weighted by atomic mass is 15.2. The van der Waals surface area contributed by atoms with Crippen molar-refractivity contribution in [2.45, 2.75) is 78.6 Å². The predicted molar refractivity (Wildman–Crippen MR) is 256 cm³/mol. The highest BCUT2D eigenvalue weighted by Gasteiger charge is 2.22. The second-order valence-corrected chi connectivity index (χ2v) is 18.4. The summed E-state index contributed by atoms with van der Waals surface area (Å²) in [6.07, 6.45) is 0. The minimum Gasteiger partial charge on any atom is -0.354 e. The summed E-state index contributed by atoms with van der Waals surface area (Å²) in [5.41, 5.74) is 15.1. The van der Waals surface area contributed by atoms with Gasteiger partial charge in [-0.25, -0.2) is 0 Å². The first-order chi connectivity index (χ1) is 28.1. The van der Waals surface area contributed by atoms with E-state index >= 15 is 0 Å². The standard InChI is InChI=1S/C54H59N5/c1-52(2,3)38-26-32-41(33-27-38)55-44-18-10-12-20-46(44)57-48-22-14-16-24-50(48)59(43-36-30-40(31-37-43)54(7,8)9)51-25-17-15-23-49(51)58-47-21-13-11-19-45(47)56-42-34-28-39(29-35-42)53(4,5)6/h10-37,55-58H,1-9H3. The zero-order valence-electron chi connectivity index (χ0n) is 36.1. The molecule has 0 spiro atoms. The van der Waals surface area contributed by atoms with E-state index in [9.17, 15) is 0 Å². The third-order valence-electron chi connectivity index (χ3n) is 10.7. The summed E-state index contributed by atoms with van der Waals surface area (Å²) in [5, 5.41) is 15.0. The highest BCUT2D eigenvalue weighted by Crippen LogP contribution is 2.45. The van der Waals surface area contributed by atoms with Gasteiger partial charge in [-0.3, -0.25) is 0 Å². The molecule has 4 N–H and O–H groups in total. The average Bonchev–Trinajstić information content (AvgIpc) is 3.20. The summed E-state index contributed by atoms with van der Waals surface area (Å²) in [4.78, 5) is 2.35. The van der Waals surface area contributed by atoms with Crippen molar-refractivity contribution in [3.63, 3.8) is 0 Å². The summed E-state index contributed by atoms with van der Waals surface area (Å²) in [6, 6.07) is 60.3. The molecule has 7 aromatic carbocycles. The van der Waals surface area contributed by atoms with Crippen molar-refractivity contribution in [1.82, 2.24) is 0 Å². The van der Waals surface area contributed by atoms with Gasteiger partial charge in [-0.2, -0.15) is 0 Å². The number of hydrogen-bond acceptors (Lipinski definition) is 5. The van der Waals surface area contributed by atoms with Gasteiger partial charge in [0.15, 0.2) is 0 Å². The molecule has 0 saturated carbocycles. The van der Waals surface area contributed by atoms with Crippen molar-refractivity contribution in [3.8, 4) is 0 Å². The summed E-state index contributed by atoms with van der Waals surface area (Å²) in [5.74, 6) is 0. The SMILES string of the molecule is CC(C)(C)c1ccc(Nc2ccccc2Nc2ccccc2N(c2ccc(C(C)(C)C)cc2)c2ccccc2Nc2ccccc2Nc2ccc(C(C)(C)C)cc2)cc1. The molecule has 59 heavy (non-hydrogen) atoms. The Labute approximate surface area is 352 Å². The van der Waals surface area contributed by atoms with Crippen LogP contribution in [0.2, 0.25) is 0 Å². The zero-order chi connectivity index (χ0) is 41.8. The van der Waals surface area contributed by atoms with Gasteiger partial charge in [0.25, 0.3) is 0 Å². The van der Waals surface area contributed by atoms with Gasteiger partial charge >= 0.3 is 0 Å². The van der Waals surface area contributed by atoms with E-state index in [1.807, 2.05) is 0 Å². The van der Waals surface area contributed by atoms with E-state index in [2.05, 4.69) is 258 Å². The molecule has 0 aliphatic heterocycles. The number of anilines is 11. The fourth-order valence-corrected chi connectivity index (χ4v) is 7.18. The Morgan fingerprint density at radius 3 is 0.881 bits per heavy atom. The van der Waals surface area contributed by atoms with E-state index in [-0.39, 0.29) is 16.2 Å². The molecule has 0 aliphatic rings. The maximum absolute atomic E-state index is 3.84. The highest BCUT2D eigenvalue weighted by molar-refractivity contribution is 5.94. The van der Waals surface area contributed by atoms with Crippen molar-refractivity contribution >= 4 is 62.6 Å². The van der Waals surface area contributed by atoms with Crippen LogP contribution >= 0.6 is 0 Å². The maximum atomic E-state index is 3.84. The lowest BCUT2D eigenvalue weighted by atomic mass is 9.87. The predicted octanol–water partition coefficient (Wildman–Crippen LogP) is 16.0. The fraction of sp³-hybridized carbons (Fsp3) is 0.222. The van der Waals surface area contributed by atoms with Gasteiger partial charge in [0, 0.05) is 17.1 Å². The van der Waals surface area contributed by atoms with Crippen LogP contribution in [-0.4, -0.2) is 0 Å². The summed E-state index contributed by atoms with van der Waals surface area (Å²) >= 11 is 0. The van der Waals surface area contributed by atoms with Crippen LogP contribution in [0.25, 0.3) is 0 Å². The Hall–Kier alpha value is -6.46. The molecule has 5 nitrogen and oxygen atoms in total. The molecule has 7 rings (SSSR count). The molecule has 0 radical (unpaired) electrons. The molecule has 7 aromatic rings. The van der Waals surface area contributed by atoms with E-state index in [0.29, 0.717) is 0 Å². The normalized spacial score (nSPS) is 11.8. The third kappa shape index (κ3) is 9.81. The molecule has 0 saturated heterocycles. The van der Waals surface area contributed by atoms with Crippen LogP contribution in [-0.2, 0) is 16.2 Å². The van der Waals surface area contributed by atoms with Crippen molar-refractivity contribution in [3.05, 3.63) is 187 Å². The van der Waals surface area contributed by atoms with E-state index in [1.165, 1.54) is 16.7 Å². The minimum atomic E-state index is 0.0236. The number of rotatable bonds is 11. The quantitative estimate of drug-likeness (QED) is 0.105. The molecule has 0 fully saturated rings. The van der Waals surface area contributed by atoms with Crippen molar-refractivity contribution in [1.29, 1.82) is 0 Å². The average molecular weight is 778 g/mol. The molecule has 5 heteroatoms. The molecule has 0 amide bonds. The molecule has 0 unspecified atom stereocenters. The Bertz CT molecular complexity index is 2330. The Balaban J connectivity index is 1.27. The van der Waals surface area contributed by atoms with Gasteiger partial charge < -0.3 is 26.2 Å². The van der Waals surface area contributed by atoms with Crippen LogP contribution in [0.3, 0.4) is 0 Å². The largest absolute Gasteiger partial charge is 0.354 e. The first-order valence-corrected chi connectivity index (χ1v) is 20.7. The van der Waals surface area contributed by atoms with Gasteiger partial charge in [-0.15, -0.1) is 0 Å². The number of hydrogen-bond donors (Lipinski definition) is 4. The number of benzene rings is 7. The number of nitrogens with zero attached hydrogens (tertiary/aromatic N) is 1. The van der Waals surface area contributed by atoms with Crippen molar-refractivity contribution in [2.75, 3.05) is 26.2 Å². The first kappa shape index (κ1) is 40.7. The second-order valence-electron chi connectivity index (χ2n) is 18.4. The zero-order valence-corrected chi connectivity index (χ0v) is 36.1. The monoisotopic (exact) mass is 777 g/mol. The number of nitrogens with one attached hydrogen (secondary N) is 4. The van der Waals surface area contributed by atoms with Gasteiger partial charge in [0.2, 0.25) is 0 Å². The van der Waals surface area contributed by atoms with E-state index in [1.54, 1.807) is 0 Å². The van der Waals surface area contributed by atoms with Crippen LogP contribution in [0, 0.1) is 0 Å². The Kier molecular flexibility index (Phi) is 11.6. The van der Waals surface area contributed by atoms with Crippen LogP contribution in [0.15, 0.2) is 170 Å². The molecule has 0 atom stereocenters. The molecule has 0 bridgehead atoms. The summed E-state index contributed by atoms with van der Waals surface area (Å²) in [7, 11) is 0. The first-order valence-electron chi connectivity index (χ1n) is 20.7. The topological polar surface area (TPSA) is 51.4 Å². The smallest absolute Gasteiger partial charge is 0.0697 e. The van der Waals surface area contributed by atoms with Gasteiger partial charge in [-0.1, -0.05) is 147 Å². The lowest BCUT2D eigenvalue weighted by Gasteiger charge is -2.31. The molecular weight excluding hydrogens is 719 g/mol. The molecule has 0 aromatic heterocycles. The Morgan fingerprint density at radius 2 is 0.559 bits per heavy atom. The summed E-state index contributed by atoms with van der Waals surface area (Å²) in [6.45, 7) is 20.2. The second kappa shape index (κ2) is 16.8. The van der Waals surface area contributed by atoms with Crippen LogP contribution in [0.1, 0.15) is 79.0 Å². The fourth-order valence-electron chi connectivity index (χ4n) is 7.18. The molecule has 0 heterocycles. The minimum absolute atomic E-state index is 0.0236. The Morgan fingerprint density at radius 1 is 0.288 bits per heavy atom. The lowest BCUT2D eigenvalue weighted by molar-refractivity contribution is 0.590. The van der Waals surface area contributed by atoms with Crippen LogP contribution in [0.4, 0.5) is 62.6 Å². The van der Waals surface area contributed by atoms with E-state index < -0.39 is 0 Å². The number of para-hydroxylation sites is 8. The van der Waals surface area contributed by atoms with Gasteiger partial charge in [0.1, 0.15) is 0 Å². The summed E-state index contributed by atoms with van der Waals surface area (Å²) < 4.78 is 0.